The first-order valence-corrected chi connectivity index (χ1v) is 4.91. The number of rotatable bonds is 5. The largest absolute Gasteiger partial charge is 0.463 e. The average Bonchev–Trinajstić information content (AvgIpc) is 2.29. The van der Waals surface area contributed by atoms with Crippen molar-refractivity contribution < 1.29 is 19.7 Å². The number of hydrogen-bond acceptors (Lipinski definition) is 5. The van der Waals surface area contributed by atoms with E-state index in [0.29, 0.717) is 11.3 Å². The second-order valence-electron chi connectivity index (χ2n) is 3.40. The first-order valence-electron chi connectivity index (χ1n) is 4.91. The highest BCUT2D eigenvalue weighted by molar-refractivity contribution is 5.74. The van der Waals surface area contributed by atoms with Crippen LogP contribution >= 0.6 is 0 Å². The quantitative estimate of drug-likeness (QED) is 0.473. The molecule has 1 unspecified atom stereocenters. The van der Waals surface area contributed by atoms with Gasteiger partial charge in [0.05, 0.1) is 13.0 Å². The lowest BCUT2D eigenvalue weighted by molar-refractivity contribution is -0.146. The van der Waals surface area contributed by atoms with Crippen LogP contribution in [0.4, 0.5) is 5.69 Å². The Bertz CT molecular complexity index is 354. The van der Waals surface area contributed by atoms with Gasteiger partial charge in [0.2, 0.25) is 0 Å². The van der Waals surface area contributed by atoms with Gasteiger partial charge in [-0.25, -0.2) is 0 Å². The third-order valence-electron chi connectivity index (χ3n) is 2.04. The van der Waals surface area contributed by atoms with Crippen molar-refractivity contribution in [2.45, 2.75) is 12.5 Å². The minimum absolute atomic E-state index is 0.0603. The van der Waals surface area contributed by atoms with Crippen molar-refractivity contribution in [3.05, 3.63) is 29.8 Å². The molecule has 0 aliphatic heterocycles. The molecular weight excluding hydrogens is 210 g/mol. The molecule has 88 valence electrons. The summed E-state index contributed by atoms with van der Waals surface area (Å²) in [6, 6.07) is 6.99. The van der Waals surface area contributed by atoms with Gasteiger partial charge in [0, 0.05) is 5.69 Å². The van der Waals surface area contributed by atoms with Crippen molar-refractivity contribution in [3.63, 3.8) is 0 Å². The van der Waals surface area contributed by atoms with Gasteiger partial charge in [-0.1, -0.05) is 18.2 Å². The zero-order valence-corrected chi connectivity index (χ0v) is 8.80. The zero-order valence-electron chi connectivity index (χ0n) is 8.80. The lowest BCUT2D eigenvalue weighted by atomic mass is 10.1. The van der Waals surface area contributed by atoms with Gasteiger partial charge in [-0.3, -0.25) is 4.79 Å². The van der Waals surface area contributed by atoms with Crippen LogP contribution < -0.4 is 5.73 Å². The minimum Gasteiger partial charge on any atom is -0.463 e. The average molecular weight is 225 g/mol. The lowest BCUT2D eigenvalue weighted by Gasteiger charge is -2.09. The van der Waals surface area contributed by atoms with E-state index < -0.39 is 18.7 Å². The molecule has 1 aromatic carbocycles. The van der Waals surface area contributed by atoms with Gasteiger partial charge in [0.1, 0.15) is 12.7 Å². The van der Waals surface area contributed by atoms with Crippen LogP contribution in [0.15, 0.2) is 24.3 Å². The molecule has 0 aliphatic carbocycles. The number of nitrogen functional groups attached to an aromatic ring is 1. The number of hydrogen-bond donors (Lipinski definition) is 3. The van der Waals surface area contributed by atoms with Gasteiger partial charge in [-0.2, -0.15) is 0 Å². The van der Waals surface area contributed by atoms with E-state index in [1.807, 2.05) is 0 Å². The number of esters is 1. The van der Waals surface area contributed by atoms with Crippen LogP contribution in [-0.4, -0.2) is 35.5 Å². The number of aliphatic hydroxyl groups excluding tert-OH is 2. The molecule has 0 amide bonds. The number of aliphatic hydroxyl groups is 2. The first-order chi connectivity index (χ1) is 7.63. The molecule has 0 saturated heterocycles. The Balaban J connectivity index is 2.43. The SMILES string of the molecule is Nc1ccccc1CC(=O)OCC(O)CO. The Labute approximate surface area is 93.5 Å². The van der Waals surface area contributed by atoms with Crippen LogP contribution in [0.3, 0.4) is 0 Å². The molecule has 0 saturated carbocycles. The molecule has 1 atom stereocenters. The van der Waals surface area contributed by atoms with Gasteiger partial charge in [0.25, 0.3) is 0 Å². The molecule has 0 aliphatic rings. The Hall–Kier alpha value is -1.59. The highest BCUT2D eigenvalue weighted by atomic mass is 16.5. The maximum Gasteiger partial charge on any atom is 0.310 e. The first kappa shape index (κ1) is 12.5. The van der Waals surface area contributed by atoms with Gasteiger partial charge >= 0.3 is 5.97 Å². The molecule has 1 rings (SSSR count). The van der Waals surface area contributed by atoms with Crippen molar-refractivity contribution in [1.29, 1.82) is 0 Å². The van der Waals surface area contributed by atoms with Crippen molar-refractivity contribution in [2.24, 2.45) is 0 Å². The van der Waals surface area contributed by atoms with Gasteiger partial charge < -0.3 is 20.7 Å². The summed E-state index contributed by atoms with van der Waals surface area (Å²) in [6.07, 6.45) is -0.970. The number of carbonyl (C=O) groups is 1. The minimum atomic E-state index is -1.03. The fourth-order valence-electron chi connectivity index (χ4n) is 1.14. The topological polar surface area (TPSA) is 92.8 Å². The Morgan fingerprint density at radius 2 is 2.12 bits per heavy atom. The summed E-state index contributed by atoms with van der Waals surface area (Å²) in [4.78, 5) is 11.3. The lowest BCUT2D eigenvalue weighted by Crippen LogP contribution is -2.22. The summed E-state index contributed by atoms with van der Waals surface area (Å²) in [5, 5.41) is 17.5. The second-order valence-corrected chi connectivity index (χ2v) is 3.40. The molecular formula is C11H15NO4. The molecule has 1 aromatic rings. The van der Waals surface area contributed by atoms with Crippen LogP contribution in [0.5, 0.6) is 0 Å². The second kappa shape index (κ2) is 6.09. The Morgan fingerprint density at radius 1 is 1.44 bits per heavy atom. The van der Waals surface area contributed by atoms with Crippen LogP contribution in [-0.2, 0) is 16.0 Å². The summed E-state index contributed by atoms with van der Waals surface area (Å²) >= 11 is 0. The molecule has 0 radical (unpaired) electrons. The third kappa shape index (κ3) is 3.88. The van der Waals surface area contributed by atoms with E-state index in [2.05, 4.69) is 0 Å². The molecule has 0 bridgehead atoms. The number of nitrogens with two attached hydrogens (primary N) is 1. The van der Waals surface area contributed by atoms with Crippen molar-refractivity contribution >= 4 is 11.7 Å². The van der Waals surface area contributed by atoms with E-state index in [9.17, 15) is 4.79 Å². The van der Waals surface area contributed by atoms with E-state index in [1.165, 1.54) is 0 Å². The van der Waals surface area contributed by atoms with Crippen LogP contribution in [0.25, 0.3) is 0 Å². The summed E-state index contributed by atoms with van der Waals surface area (Å²) in [5.74, 6) is -0.481. The van der Waals surface area contributed by atoms with E-state index in [0.717, 1.165) is 0 Å². The van der Waals surface area contributed by atoms with Crippen molar-refractivity contribution in [2.75, 3.05) is 18.9 Å². The van der Waals surface area contributed by atoms with E-state index in [-0.39, 0.29) is 13.0 Å². The van der Waals surface area contributed by atoms with E-state index >= 15 is 0 Å². The van der Waals surface area contributed by atoms with E-state index in [4.69, 9.17) is 20.7 Å². The maximum absolute atomic E-state index is 11.3. The van der Waals surface area contributed by atoms with Crippen molar-refractivity contribution in [1.82, 2.24) is 0 Å². The fraction of sp³-hybridized carbons (Fsp3) is 0.364. The van der Waals surface area contributed by atoms with E-state index in [1.54, 1.807) is 24.3 Å². The maximum atomic E-state index is 11.3. The number of anilines is 1. The van der Waals surface area contributed by atoms with Gasteiger partial charge in [-0.05, 0) is 11.6 Å². The Kier molecular flexibility index (Phi) is 4.75. The van der Waals surface area contributed by atoms with Crippen LogP contribution in [0.1, 0.15) is 5.56 Å². The summed E-state index contributed by atoms with van der Waals surface area (Å²) in [7, 11) is 0. The number of para-hydroxylation sites is 1. The smallest absolute Gasteiger partial charge is 0.310 e. The highest BCUT2D eigenvalue weighted by Crippen LogP contribution is 2.11. The molecule has 0 fully saturated rings. The predicted molar refractivity (Wildman–Crippen MR) is 58.6 cm³/mol. The molecule has 0 aromatic heterocycles. The normalized spacial score (nSPS) is 12.1. The summed E-state index contributed by atoms with van der Waals surface area (Å²) in [6.45, 7) is -0.636. The zero-order chi connectivity index (χ0) is 12.0. The van der Waals surface area contributed by atoms with Crippen LogP contribution in [0, 0.1) is 0 Å². The van der Waals surface area contributed by atoms with Crippen molar-refractivity contribution in [3.8, 4) is 0 Å². The highest BCUT2D eigenvalue weighted by Gasteiger charge is 2.09. The predicted octanol–water partition coefficient (Wildman–Crippen LogP) is -0.292. The van der Waals surface area contributed by atoms with Gasteiger partial charge in [-0.15, -0.1) is 0 Å². The molecule has 0 heterocycles. The molecule has 0 spiro atoms. The number of carbonyl (C=O) groups excluding carboxylic acids is 1. The fourth-order valence-corrected chi connectivity index (χ4v) is 1.14. The monoisotopic (exact) mass is 225 g/mol. The molecule has 5 heteroatoms. The molecule has 5 nitrogen and oxygen atoms in total. The van der Waals surface area contributed by atoms with Crippen LogP contribution in [0.2, 0.25) is 0 Å². The molecule has 16 heavy (non-hydrogen) atoms. The standard InChI is InChI=1S/C11H15NO4/c12-10-4-2-1-3-8(10)5-11(15)16-7-9(14)6-13/h1-4,9,13-14H,5-7,12H2. The number of benzene rings is 1. The third-order valence-corrected chi connectivity index (χ3v) is 2.04. The van der Waals surface area contributed by atoms with Gasteiger partial charge in [0.15, 0.2) is 0 Å². The Morgan fingerprint density at radius 3 is 2.75 bits per heavy atom. The summed E-state index contributed by atoms with van der Waals surface area (Å²) in [5.41, 5.74) is 6.87. The molecule has 4 N–H and O–H groups in total. The number of ether oxygens (including phenoxy) is 1. The summed E-state index contributed by atoms with van der Waals surface area (Å²) < 4.78 is 4.75.